The molecular formula is C25H30N4O5. The van der Waals surface area contributed by atoms with E-state index in [2.05, 4.69) is 10.4 Å². The van der Waals surface area contributed by atoms with Crippen LogP contribution in [0, 0.1) is 0 Å². The largest absolute Gasteiger partial charge is 0.462 e. The number of amides is 1. The Labute approximate surface area is 199 Å². The van der Waals surface area contributed by atoms with Gasteiger partial charge in [-0.15, -0.1) is 0 Å². The van der Waals surface area contributed by atoms with Gasteiger partial charge in [0.05, 0.1) is 45.7 Å². The minimum atomic E-state index is -0.347. The summed E-state index contributed by atoms with van der Waals surface area (Å²) in [7, 11) is 0. The van der Waals surface area contributed by atoms with Crippen molar-refractivity contribution in [2.45, 2.75) is 13.0 Å². The number of esters is 1. The summed E-state index contributed by atoms with van der Waals surface area (Å²) in [6.45, 7) is 4.31. The molecule has 0 bridgehead atoms. The Bertz CT molecular complexity index is 1020. The number of nitrogens with zero attached hydrogens (tertiary/aromatic N) is 3. The molecule has 2 N–H and O–H groups in total. The van der Waals surface area contributed by atoms with Crippen LogP contribution in [0.15, 0.2) is 47.6 Å². The van der Waals surface area contributed by atoms with Crippen LogP contribution in [0.4, 0.5) is 5.69 Å². The number of ether oxygens (including phenoxy) is 2. The van der Waals surface area contributed by atoms with Crippen LogP contribution < -0.4 is 5.32 Å². The molecule has 0 spiro atoms. The van der Waals surface area contributed by atoms with E-state index in [0.29, 0.717) is 31.0 Å². The molecule has 0 unspecified atom stereocenters. The lowest BCUT2D eigenvalue weighted by Crippen LogP contribution is -2.35. The highest BCUT2D eigenvalue weighted by Gasteiger charge is 2.20. The van der Waals surface area contributed by atoms with Crippen molar-refractivity contribution in [1.82, 2.24) is 9.91 Å². The molecule has 0 saturated carbocycles. The zero-order valence-electron chi connectivity index (χ0n) is 19.1. The summed E-state index contributed by atoms with van der Waals surface area (Å²) >= 11 is 0. The van der Waals surface area contributed by atoms with E-state index in [1.54, 1.807) is 18.3 Å². The van der Waals surface area contributed by atoms with Crippen LogP contribution in [-0.2, 0) is 27.2 Å². The highest BCUT2D eigenvalue weighted by Crippen LogP contribution is 2.23. The molecule has 0 radical (unpaired) electrons. The van der Waals surface area contributed by atoms with Crippen LogP contribution in [0.2, 0.25) is 0 Å². The minimum absolute atomic E-state index is 0.0150. The van der Waals surface area contributed by atoms with Crippen molar-refractivity contribution in [3.05, 3.63) is 64.7 Å². The number of aliphatic hydroxyl groups excluding tert-OH is 1. The third-order valence-corrected chi connectivity index (χ3v) is 5.79. The minimum Gasteiger partial charge on any atom is -0.462 e. The number of rotatable bonds is 8. The molecule has 2 heterocycles. The summed E-state index contributed by atoms with van der Waals surface area (Å²) in [6.07, 6.45) is 2.62. The first kappa shape index (κ1) is 23.9. The molecule has 0 aromatic heterocycles. The van der Waals surface area contributed by atoms with E-state index in [-0.39, 0.29) is 31.6 Å². The van der Waals surface area contributed by atoms with Gasteiger partial charge in [-0.2, -0.15) is 5.10 Å². The Balaban J connectivity index is 1.33. The number of nitrogens with one attached hydrogen (secondary N) is 1. The third kappa shape index (κ3) is 6.63. The molecular weight excluding hydrogens is 436 g/mol. The van der Waals surface area contributed by atoms with Gasteiger partial charge in [-0.05, 0) is 47.4 Å². The zero-order valence-corrected chi connectivity index (χ0v) is 19.1. The fraction of sp³-hybridized carbons (Fsp3) is 0.400. The molecule has 180 valence electrons. The molecule has 2 aliphatic rings. The Hall–Kier alpha value is -3.27. The highest BCUT2D eigenvalue weighted by atomic mass is 16.5. The van der Waals surface area contributed by atoms with E-state index in [1.165, 1.54) is 5.56 Å². The lowest BCUT2D eigenvalue weighted by molar-refractivity contribution is -0.146. The first-order chi connectivity index (χ1) is 16.6. The van der Waals surface area contributed by atoms with Crippen LogP contribution in [0.3, 0.4) is 0 Å². The first-order valence-corrected chi connectivity index (χ1v) is 11.5. The average molecular weight is 467 g/mol. The van der Waals surface area contributed by atoms with Gasteiger partial charge < -0.3 is 19.9 Å². The topological polar surface area (TPSA) is 104 Å². The first-order valence-electron chi connectivity index (χ1n) is 11.5. The van der Waals surface area contributed by atoms with Gasteiger partial charge in [0.1, 0.15) is 6.61 Å². The number of fused-ring (bicyclic) bond motifs is 1. The predicted octanol–water partition coefficient (Wildman–Crippen LogP) is 1.50. The molecule has 9 nitrogen and oxygen atoms in total. The van der Waals surface area contributed by atoms with Gasteiger partial charge in [0.2, 0.25) is 0 Å². The molecule has 34 heavy (non-hydrogen) atoms. The molecule has 9 heteroatoms. The molecule has 1 fully saturated rings. The number of aliphatic hydroxyl groups is 1. The summed E-state index contributed by atoms with van der Waals surface area (Å²) in [6, 6.07) is 13.2. The van der Waals surface area contributed by atoms with Crippen molar-refractivity contribution in [3.8, 4) is 0 Å². The number of morpholine rings is 1. The zero-order chi connectivity index (χ0) is 23.8. The number of carbonyl (C=O) groups excluding carboxylic acids is 2. The average Bonchev–Trinajstić information content (AvgIpc) is 2.87. The summed E-state index contributed by atoms with van der Waals surface area (Å²) in [4.78, 5) is 26.6. The van der Waals surface area contributed by atoms with E-state index >= 15 is 0 Å². The van der Waals surface area contributed by atoms with Crippen LogP contribution in [0.1, 0.15) is 27.0 Å². The number of carbonyl (C=O) groups is 2. The molecule has 1 saturated heterocycles. The van der Waals surface area contributed by atoms with Crippen molar-refractivity contribution >= 4 is 23.8 Å². The molecule has 1 amide bonds. The quantitative estimate of drug-likeness (QED) is 0.449. The van der Waals surface area contributed by atoms with E-state index in [9.17, 15) is 9.59 Å². The van der Waals surface area contributed by atoms with Crippen LogP contribution in [0.25, 0.3) is 0 Å². The Kier molecular flexibility index (Phi) is 8.24. The summed E-state index contributed by atoms with van der Waals surface area (Å²) in [5.41, 5.74) is 4.49. The highest BCUT2D eigenvalue weighted by molar-refractivity contribution is 6.04. The van der Waals surface area contributed by atoms with E-state index in [4.69, 9.17) is 14.6 Å². The summed E-state index contributed by atoms with van der Waals surface area (Å²) in [5.74, 6) is -0.530. The van der Waals surface area contributed by atoms with Crippen molar-refractivity contribution in [1.29, 1.82) is 0 Å². The summed E-state index contributed by atoms with van der Waals surface area (Å²) in [5, 5.41) is 18.2. The molecule has 4 rings (SSSR count). The lowest BCUT2D eigenvalue weighted by atomic mass is 9.99. The van der Waals surface area contributed by atoms with Crippen molar-refractivity contribution in [3.63, 3.8) is 0 Å². The normalized spacial score (nSPS) is 16.3. The van der Waals surface area contributed by atoms with E-state index < -0.39 is 0 Å². The Morgan fingerprint density at radius 3 is 2.65 bits per heavy atom. The maximum atomic E-state index is 12.7. The van der Waals surface area contributed by atoms with Gasteiger partial charge >= 0.3 is 5.97 Å². The van der Waals surface area contributed by atoms with Crippen molar-refractivity contribution < 1.29 is 24.2 Å². The molecule has 2 aliphatic heterocycles. The molecule has 0 atom stereocenters. The summed E-state index contributed by atoms with van der Waals surface area (Å²) < 4.78 is 10.3. The fourth-order valence-corrected chi connectivity index (χ4v) is 3.96. The number of hydrazone groups is 1. The number of hydrogen-bond donors (Lipinski definition) is 2. The maximum Gasteiger partial charge on any atom is 0.320 e. The van der Waals surface area contributed by atoms with E-state index in [1.807, 2.05) is 40.2 Å². The van der Waals surface area contributed by atoms with Crippen LogP contribution >= 0.6 is 0 Å². The van der Waals surface area contributed by atoms with Gasteiger partial charge in [-0.1, -0.05) is 18.2 Å². The third-order valence-electron chi connectivity index (χ3n) is 5.79. The number of benzene rings is 2. The molecule has 2 aromatic rings. The SMILES string of the molecule is O=C(CN1CCc2ccc(NC(=O)c3ccc(C=NN4CCOCC4)cc3)cc2C1)OCCO. The molecule has 0 aliphatic carbocycles. The van der Waals surface area contributed by atoms with Gasteiger partial charge in [0.15, 0.2) is 0 Å². The van der Waals surface area contributed by atoms with Crippen molar-refractivity contribution in [2.75, 3.05) is 57.9 Å². The standard InChI is InChI=1S/C25H30N4O5/c30-11-14-34-24(31)18-28-8-7-20-5-6-23(15-22(20)17-28)27-25(32)21-3-1-19(2-4-21)16-26-29-9-12-33-13-10-29/h1-6,15-16,30H,7-14,17-18H2,(H,27,32). The van der Waals surface area contributed by atoms with Crippen LogP contribution in [0.5, 0.6) is 0 Å². The molecule has 2 aromatic carbocycles. The van der Waals surface area contributed by atoms with Gasteiger partial charge in [-0.25, -0.2) is 0 Å². The lowest BCUT2D eigenvalue weighted by Gasteiger charge is -2.28. The maximum absolute atomic E-state index is 12.7. The smallest absolute Gasteiger partial charge is 0.320 e. The Morgan fingerprint density at radius 1 is 1.09 bits per heavy atom. The van der Waals surface area contributed by atoms with Crippen LogP contribution in [-0.4, -0.2) is 85.7 Å². The number of hydrogen-bond acceptors (Lipinski definition) is 8. The van der Waals surface area contributed by atoms with E-state index in [0.717, 1.165) is 37.2 Å². The van der Waals surface area contributed by atoms with Gasteiger partial charge in [0.25, 0.3) is 5.91 Å². The fourth-order valence-electron chi connectivity index (χ4n) is 3.96. The number of anilines is 1. The van der Waals surface area contributed by atoms with Crippen molar-refractivity contribution in [2.24, 2.45) is 5.10 Å². The van der Waals surface area contributed by atoms with Gasteiger partial charge in [-0.3, -0.25) is 19.5 Å². The second kappa shape index (κ2) is 11.7. The monoisotopic (exact) mass is 466 g/mol. The Morgan fingerprint density at radius 2 is 1.88 bits per heavy atom. The van der Waals surface area contributed by atoms with Gasteiger partial charge in [0, 0.05) is 24.3 Å². The predicted molar refractivity (Wildman–Crippen MR) is 128 cm³/mol. The second-order valence-electron chi connectivity index (χ2n) is 8.27. The second-order valence-corrected chi connectivity index (χ2v) is 8.27.